The zero-order valence-corrected chi connectivity index (χ0v) is 13.4. The summed E-state index contributed by atoms with van der Waals surface area (Å²) in [4.78, 5) is 23.9. The molecule has 7 nitrogen and oxygen atoms in total. The number of fused-ring (bicyclic) bond motifs is 1. The highest BCUT2D eigenvalue weighted by Gasteiger charge is 2.32. The monoisotopic (exact) mass is 325 g/mol. The fourth-order valence-electron chi connectivity index (χ4n) is 3.59. The molecule has 2 aliphatic rings. The third-order valence-electron chi connectivity index (χ3n) is 4.80. The second-order valence-electron chi connectivity index (χ2n) is 6.26. The number of nitro groups is 1. The van der Waals surface area contributed by atoms with E-state index < -0.39 is 0 Å². The maximum absolute atomic E-state index is 11.8. The summed E-state index contributed by atoms with van der Waals surface area (Å²) in [5, 5.41) is 11.8. The molecule has 0 amide bonds. The van der Waals surface area contributed by atoms with Crippen molar-refractivity contribution in [2.75, 3.05) is 29.4 Å². The molecule has 0 unspecified atom stereocenters. The molecule has 2 aliphatic heterocycles. The summed E-state index contributed by atoms with van der Waals surface area (Å²) >= 11 is 0. The lowest BCUT2D eigenvalue weighted by atomic mass is 10.00. The molecule has 0 aliphatic carbocycles. The van der Waals surface area contributed by atoms with Crippen molar-refractivity contribution in [3.8, 4) is 0 Å². The van der Waals surface area contributed by atoms with Gasteiger partial charge in [0.15, 0.2) is 0 Å². The van der Waals surface area contributed by atoms with Gasteiger partial charge in [0.05, 0.1) is 4.92 Å². The average Bonchev–Trinajstić information content (AvgIpc) is 3.15. The van der Waals surface area contributed by atoms with Gasteiger partial charge in [0.25, 0.3) is 0 Å². The molecule has 1 aromatic carbocycles. The number of nitrogens with zero attached hydrogens (tertiary/aromatic N) is 5. The highest BCUT2D eigenvalue weighted by atomic mass is 16.6. The summed E-state index contributed by atoms with van der Waals surface area (Å²) in [6, 6.07) is 8.24. The SMILES string of the molecule is O=[N+]([O-])c1c(N2CCCC2)ncnc1N1CCc2ccccc2C1. The Morgan fingerprint density at radius 2 is 1.62 bits per heavy atom. The molecular formula is C17H19N5O2. The molecule has 1 saturated heterocycles. The molecule has 24 heavy (non-hydrogen) atoms. The van der Waals surface area contributed by atoms with E-state index in [9.17, 15) is 10.1 Å². The first-order valence-electron chi connectivity index (χ1n) is 8.30. The van der Waals surface area contributed by atoms with Crippen molar-refractivity contribution in [1.82, 2.24) is 9.97 Å². The van der Waals surface area contributed by atoms with Crippen molar-refractivity contribution in [2.24, 2.45) is 0 Å². The summed E-state index contributed by atoms with van der Waals surface area (Å²) in [7, 11) is 0. The topological polar surface area (TPSA) is 75.4 Å². The van der Waals surface area contributed by atoms with E-state index in [1.807, 2.05) is 21.9 Å². The first-order chi connectivity index (χ1) is 11.7. The Morgan fingerprint density at radius 1 is 0.958 bits per heavy atom. The molecule has 0 N–H and O–H groups in total. The van der Waals surface area contributed by atoms with Crippen molar-refractivity contribution >= 4 is 17.3 Å². The van der Waals surface area contributed by atoms with Gasteiger partial charge in [-0.15, -0.1) is 0 Å². The van der Waals surface area contributed by atoms with Crippen LogP contribution in [0, 0.1) is 10.1 Å². The molecular weight excluding hydrogens is 306 g/mol. The molecule has 2 aromatic rings. The molecule has 0 spiro atoms. The zero-order valence-electron chi connectivity index (χ0n) is 13.4. The summed E-state index contributed by atoms with van der Waals surface area (Å²) in [6.45, 7) is 3.02. The van der Waals surface area contributed by atoms with Gasteiger partial charge in [-0.1, -0.05) is 24.3 Å². The zero-order chi connectivity index (χ0) is 16.5. The van der Waals surface area contributed by atoms with Crippen LogP contribution in [0.2, 0.25) is 0 Å². The minimum Gasteiger partial charge on any atom is -0.351 e. The van der Waals surface area contributed by atoms with Crippen molar-refractivity contribution in [2.45, 2.75) is 25.8 Å². The molecule has 0 atom stereocenters. The fraction of sp³-hybridized carbons (Fsp3) is 0.412. The van der Waals surface area contributed by atoms with Gasteiger partial charge in [0.1, 0.15) is 6.33 Å². The molecule has 124 valence electrons. The number of benzene rings is 1. The lowest BCUT2D eigenvalue weighted by molar-refractivity contribution is -0.383. The van der Waals surface area contributed by atoms with E-state index >= 15 is 0 Å². The normalized spacial score (nSPS) is 17.0. The number of hydrogen-bond acceptors (Lipinski definition) is 6. The first kappa shape index (κ1) is 14.9. The van der Waals surface area contributed by atoms with Gasteiger partial charge >= 0.3 is 5.69 Å². The predicted molar refractivity (Wildman–Crippen MR) is 91.3 cm³/mol. The Kier molecular flexibility index (Phi) is 3.76. The van der Waals surface area contributed by atoms with Gasteiger partial charge in [0, 0.05) is 26.2 Å². The van der Waals surface area contributed by atoms with Crippen molar-refractivity contribution in [3.05, 3.63) is 51.8 Å². The third-order valence-corrected chi connectivity index (χ3v) is 4.80. The van der Waals surface area contributed by atoms with E-state index in [4.69, 9.17) is 0 Å². The molecule has 0 radical (unpaired) electrons. The van der Waals surface area contributed by atoms with E-state index in [1.54, 1.807) is 0 Å². The van der Waals surface area contributed by atoms with E-state index in [-0.39, 0.29) is 10.6 Å². The number of anilines is 2. The molecule has 7 heteroatoms. The summed E-state index contributed by atoms with van der Waals surface area (Å²) in [5.74, 6) is 0.896. The van der Waals surface area contributed by atoms with E-state index in [0.29, 0.717) is 18.2 Å². The van der Waals surface area contributed by atoms with Crippen LogP contribution in [-0.4, -0.2) is 34.5 Å². The Balaban J connectivity index is 1.73. The summed E-state index contributed by atoms with van der Waals surface area (Å²) in [6.07, 6.45) is 4.42. The average molecular weight is 325 g/mol. The largest absolute Gasteiger partial charge is 0.353 e. The van der Waals surface area contributed by atoms with Gasteiger partial charge in [-0.3, -0.25) is 10.1 Å². The molecule has 4 rings (SSSR count). The third kappa shape index (κ3) is 2.55. The molecule has 0 saturated carbocycles. The van der Waals surface area contributed by atoms with Gasteiger partial charge < -0.3 is 9.80 Å². The Morgan fingerprint density at radius 3 is 2.33 bits per heavy atom. The number of aromatic nitrogens is 2. The van der Waals surface area contributed by atoms with Gasteiger partial charge in [-0.05, 0) is 30.4 Å². The standard InChI is InChI=1S/C17H19N5O2/c23-22(24)15-16(20-8-3-4-9-20)18-12-19-17(15)21-10-7-13-5-1-2-6-14(13)11-21/h1-2,5-6,12H,3-4,7-11H2. The molecule has 3 heterocycles. The number of rotatable bonds is 3. The molecule has 1 aromatic heterocycles. The highest BCUT2D eigenvalue weighted by Crippen LogP contribution is 2.37. The van der Waals surface area contributed by atoms with Crippen LogP contribution in [-0.2, 0) is 13.0 Å². The van der Waals surface area contributed by atoms with Gasteiger partial charge in [-0.25, -0.2) is 9.97 Å². The van der Waals surface area contributed by atoms with E-state index in [2.05, 4.69) is 22.1 Å². The lowest BCUT2D eigenvalue weighted by Gasteiger charge is -2.30. The predicted octanol–water partition coefficient (Wildman–Crippen LogP) is 2.55. The smallest absolute Gasteiger partial charge is 0.351 e. The maximum Gasteiger partial charge on any atom is 0.353 e. The van der Waals surface area contributed by atoms with E-state index in [0.717, 1.165) is 38.9 Å². The van der Waals surface area contributed by atoms with Crippen LogP contribution in [0.3, 0.4) is 0 Å². The van der Waals surface area contributed by atoms with Crippen LogP contribution >= 0.6 is 0 Å². The second-order valence-corrected chi connectivity index (χ2v) is 6.26. The maximum atomic E-state index is 11.8. The quantitative estimate of drug-likeness (QED) is 0.638. The summed E-state index contributed by atoms with van der Waals surface area (Å²) in [5.41, 5.74) is 2.56. The minimum absolute atomic E-state index is 0.0405. The van der Waals surface area contributed by atoms with Crippen LogP contribution < -0.4 is 9.80 Å². The second kappa shape index (κ2) is 6.07. The Bertz CT molecular complexity index is 773. The van der Waals surface area contributed by atoms with Crippen LogP contribution in [0.25, 0.3) is 0 Å². The Labute approximate surface area is 140 Å². The van der Waals surface area contributed by atoms with Gasteiger partial charge in [0.2, 0.25) is 11.6 Å². The van der Waals surface area contributed by atoms with Crippen LogP contribution in [0.5, 0.6) is 0 Å². The van der Waals surface area contributed by atoms with Crippen molar-refractivity contribution in [3.63, 3.8) is 0 Å². The van der Waals surface area contributed by atoms with Gasteiger partial charge in [-0.2, -0.15) is 0 Å². The van der Waals surface area contributed by atoms with Crippen LogP contribution in [0.1, 0.15) is 24.0 Å². The fourth-order valence-corrected chi connectivity index (χ4v) is 3.59. The lowest BCUT2D eigenvalue weighted by Crippen LogP contribution is -2.32. The number of hydrogen-bond donors (Lipinski definition) is 0. The minimum atomic E-state index is -0.330. The van der Waals surface area contributed by atoms with Crippen LogP contribution in [0.4, 0.5) is 17.3 Å². The molecule has 0 bridgehead atoms. The first-order valence-corrected chi connectivity index (χ1v) is 8.30. The molecule has 1 fully saturated rings. The Hall–Kier alpha value is -2.70. The van der Waals surface area contributed by atoms with Crippen LogP contribution in [0.15, 0.2) is 30.6 Å². The summed E-state index contributed by atoms with van der Waals surface area (Å²) < 4.78 is 0. The van der Waals surface area contributed by atoms with Crippen molar-refractivity contribution in [1.29, 1.82) is 0 Å². The van der Waals surface area contributed by atoms with Crippen molar-refractivity contribution < 1.29 is 4.92 Å². The van der Waals surface area contributed by atoms with E-state index in [1.165, 1.54) is 17.5 Å². The highest BCUT2D eigenvalue weighted by molar-refractivity contribution is 5.71.